The lowest BCUT2D eigenvalue weighted by molar-refractivity contribution is -0.135. The summed E-state index contributed by atoms with van der Waals surface area (Å²) < 4.78 is 5.54. The van der Waals surface area contributed by atoms with Crippen LogP contribution in [-0.4, -0.2) is 14.3 Å². The molecule has 1 heterocycles. The topological polar surface area (TPSA) is 26.3 Å². The third-order valence-electron chi connectivity index (χ3n) is 2.48. The first-order valence-corrected chi connectivity index (χ1v) is 7.70. The molecule has 3 heteroatoms. The summed E-state index contributed by atoms with van der Waals surface area (Å²) in [6.07, 6.45) is 4.04. The van der Waals surface area contributed by atoms with Crippen LogP contribution in [-0.2, 0) is 9.22 Å². The minimum absolute atomic E-state index is 0.0357. The molecule has 0 atom stereocenters. The second-order valence-electron chi connectivity index (χ2n) is 3.88. The van der Waals surface area contributed by atoms with Crippen molar-refractivity contribution in [2.24, 2.45) is 0 Å². The van der Waals surface area contributed by atoms with Crippen LogP contribution in [0.25, 0.3) is 0 Å². The molecule has 0 saturated carbocycles. The standard InChI is InChI=1S/C9H18O2Si/c1-3-6-9(10)11-12(2)7-4-5-8-12/h3-8H2,1-2H3. The van der Waals surface area contributed by atoms with Gasteiger partial charge in [0.25, 0.3) is 14.3 Å². The van der Waals surface area contributed by atoms with Gasteiger partial charge in [-0.25, -0.2) is 0 Å². The summed E-state index contributed by atoms with van der Waals surface area (Å²) in [5, 5.41) is 0. The van der Waals surface area contributed by atoms with Crippen molar-refractivity contribution in [2.75, 3.05) is 0 Å². The van der Waals surface area contributed by atoms with Gasteiger partial charge < -0.3 is 4.43 Å². The Morgan fingerprint density at radius 1 is 1.42 bits per heavy atom. The molecule has 0 aliphatic carbocycles. The molecule has 1 aliphatic rings. The lowest BCUT2D eigenvalue weighted by atomic mass is 10.4. The third kappa shape index (κ3) is 2.63. The van der Waals surface area contributed by atoms with Gasteiger partial charge in [0.2, 0.25) is 0 Å². The molecule has 1 rings (SSSR count). The highest BCUT2D eigenvalue weighted by atomic mass is 28.4. The van der Waals surface area contributed by atoms with Crippen molar-refractivity contribution in [1.82, 2.24) is 0 Å². The minimum Gasteiger partial charge on any atom is -0.519 e. The van der Waals surface area contributed by atoms with E-state index in [0.717, 1.165) is 6.42 Å². The number of hydrogen-bond acceptors (Lipinski definition) is 2. The van der Waals surface area contributed by atoms with Crippen molar-refractivity contribution >= 4 is 14.3 Å². The second kappa shape index (κ2) is 4.08. The van der Waals surface area contributed by atoms with Crippen LogP contribution < -0.4 is 0 Å². The molecule has 2 nitrogen and oxygen atoms in total. The smallest absolute Gasteiger partial charge is 0.292 e. The van der Waals surface area contributed by atoms with Gasteiger partial charge in [0.05, 0.1) is 0 Å². The van der Waals surface area contributed by atoms with Crippen LogP contribution in [0.5, 0.6) is 0 Å². The first-order chi connectivity index (χ1) is 5.66. The number of carbonyl (C=O) groups is 1. The molecule has 1 fully saturated rings. The van der Waals surface area contributed by atoms with Crippen molar-refractivity contribution in [1.29, 1.82) is 0 Å². The summed E-state index contributed by atoms with van der Waals surface area (Å²) in [7, 11) is -1.54. The molecule has 0 aromatic rings. The molecular formula is C9H18O2Si. The van der Waals surface area contributed by atoms with E-state index >= 15 is 0 Å². The molecule has 0 N–H and O–H groups in total. The molecule has 0 aromatic heterocycles. The maximum Gasteiger partial charge on any atom is 0.292 e. The van der Waals surface area contributed by atoms with Gasteiger partial charge in [0, 0.05) is 6.42 Å². The van der Waals surface area contributed by atoms with Gasteiger partial charge in [-0.15, -0.1) is 0 Å². The Balaban J connectivity index is 2.33. The number of hydrogen-bond donors (Lipinski definition) is 0. The van der Waals surface area contributed by atoms with Crippen LogP contribution in [0.2, 0.25) is 18.6 Å². The van der Waals surface area contributed by atoms with E-state index in [9.17, 15) is 4.79 Å². The molecule has 0 radical (unpaired) electrons. The quantitative estimate of drug-likeness (QED) is 0.633. The SMILES string of the molecule is CCCC(=O)O[Si]1(C)CCCC1. The van der Waals surface area contributed by atoms with E-state index in [1.165, 1.54) is 24.9 Å². The van der Waals surface area contributed by atoms with Crippen LogP contribution in [0.15, 0.2) is 0 Å². The van der Waals surface area contributed by atoms with E-state index < -0.39 is 8.32 Å². The first-order valence-electron chi connectivity index (χ1n) is 4.88. The highest BCUT2D eigenvalue weighted by molar-refractivity contribution is 6.74. The fraction of sp³-hybridized carbons (Fsp3) is 0.889. The highest BCUT2D eigenvalue weighted by Gasteiger charge is 2.36. The Morgan fingerprint density at radius 2 is 2.00 bits per heavy atom. The molecular weight excluding hydrogens is 168 g/mol. The normalized spacial score (nSPS) is 20.8. The van der Waals surface area contributed by atoms with Crippen LogP contribution in [0.1, 0.15) is 32.6 Å². The molecule has 12 heavy (non-hydrogen) atoms. The molecule has 0 spiro atoms. The number of carbonyl (C=O) groups excluding carboxylic acids is 1. The average molecular weight is 186 g/mol. The third-order valence-corrected chi connectivity index (χ3v) is 6.02. The summed E-state index contributed by atoms with van der Waals surface area (Å²) in [5.41, 5.74) is 0. The van der Waals surface area contributed by atoms with Gasteiger partial charge in [0.15, 0.2) is 0 Å². The summed E-state index contributed by atoms with van der Waals surface area (Å²) in [4.78, 5) is 11.2. The van der Waals surface area contributed by atoms with Crippen molar-refractivity contribution in [2.45, 2.75) is 51.2 Å². The summed E-state index contributed by atoms with van der Waals surface area (Å²) in [5.74, 6) is 0.0357. The molecule has 70 valence electrons. The maximum atomic E-state index is 11.2. The zero-order valence-electron chi connectivity index (χ0n) is 8.06. The summed E-state index contributed by atoms with van der Waals surface area (Å²) in [6, 6.07) is 2.37. The number of rotatable bonds is 3. The molecule has 1 saturated heterocycles. The Morgan fingerprint density at radius 3 is 2.50 bits per heavy atom. The summed E-state index contributed by atoms with van der Waals surface area (Å²) in [6.45, 7) is 4.20. The Kier molecular flexibility index (Phi) is 3.32. The Labute approximate surface area is 75.4 Å². The van der Waals surface area contributed by atoms with Gasteiger partial charge in [0.1, 0.15) is 0 Å². The van der Waals surface area contributed by atoms with E-state index in [2.05, 4.69) is 6.55 Å². The average Bonchev–Trinajstić information content (AvgIpc) is 2.36. The lowest BCUT2D eigenvalue weighted by Gasteiger charge is -2.21. The van der Waals surface area contributed by atoms with Crippen LogP contribution in [0.4, 0.5) is 0 Å². The van der Waals surface area contributed by atoms with Gasteiger partial charge in [-0.2, -0.15) is 0 Å². The van der Waals surface area contributed by atoms with E-state index in [-0.39, 0.29) is 5.97 Å². The van der Waals surface area contributed by atoms with Gasteiger partial charge in [-0.3, -0.25) is 4.79 Å². The second-order valence-corrected chi connectivity index (χ2v) is 7.99. The molecule has 0 aromatic carbocycles. The van der Waals surface area contributed by atoms with E-state index in [1.807, 2.05) is 6.92 Å². The van der Waals surface area contributed by atoms with Gasteiger partial charge in [-0.05, 0) is 25.1 Å². The predicted octanol–water partition coefficient (Wildman–Crippen LogP) is 2.70. The molecule has 0 bridgehead atoms. The minimum atomic E-state index is -1.54. The predicted molar refractivity (Wildman–Crippen MR) is 51.5 cm³/mol. The largest absolute Gasteiger partial charge is 0.519 e. The fourth-order valence-electron chi connectivity index (χ4n) is 1.75. The van der Waals surface area contributed by atoms with E-state index in [0.29, 0.717) is 6.42 Å². The molecule has 0 amide bonds. The Hall–Kier alpha value is -0.313. The van der Waals surface area contributed by atoms with Crippen molar-refractivity contribution in [3.05, 3.63) is 0 Å². The summed E-state index contributed by atoms with van der Waals surface area (Å²) >= 11 is 0. The van der Waals surface area contributed by atoms with Crippen molar-refractivity contribution < 1.29 is 9.22 Å². The lowest BCUT2D eigenvalue weighted by Crippen LogP contribution is -2.33. The molecule has 1 aliphatic heterocycles. The molecule has 0 unspecified atom stereocenters. The van der Waals surface area contributed by atoms with Gasteiger partial charge in [-0.1, -0.05) is 19.8 Å². The van der Waals surface area contributed by atoms with E-state index in [1.54, 1.807) is 0 Å². The van der Waals surface area contributed by atoms with Gasteiger partial charge >= 0.3 is 0 Å². The monoisotopic (exact) mass is 186 g/mol. The Bertz CT molecular complexity index is 162. The first kappa shape index (κ1) is 9.77. The fourth-order valence-corrected chi connectivity index (χ4v) is 4.86. The van der Waals surface area contributed by atoms with Crippen LogP contribution in [0, 0.1) is 0 Å². The highest BCUT2D eigenvalue weighted by Crippen LogP contribution is 2.30. The van der Waals surface area contributed by atoms with Crippen molar-refractivity contribution in [3.8, 4) is 0 Å². The zero-order chi connectivity index (χ0) is 9.03. The van der Waals surface area contributed by atoms with Crippen LogP contribution >= 0.6 is 0 Å². The van der Waals surface area contributed by atoms with Crippen molar-refractivity contribution in [3.63, 3.8) is 0 Å². The zero-order valence-corrected chi connectivity index (χ0v) is 9.06. The van der Waals surface area contributed by atoms with Crippen LogP contribution in [0.3, 0.4) is 0 Å². The maximum absolute atomic E-state index is 11.2. The van der Waals surface area contributed by atoms with E-state index in [4.69, 9.17) is 4.43 Å².